The largest absolute Gasteiger partial charge is 0.479 e. The summed E-state index contributed by atoms with van der Waals surface area (Å²) in [5.41, 5.74) is 0. The first-order valence-corrected chi connectivity index (χ1v) is 3.50. The maximum atomic E-state index is 5.24. The number of hydrogen-bond donors (Lipinski definition) is 0. The molecule has 1 atom stereocenters. The lowest BCUT2D eigenvalue weighted by Gasteiger charge is -2.08. The standard InChI is InChI=1S/C7H13NO2/c1-6(5-9-2)7-8-3-4-10-7/h6H,3-5H2,1-2H3. The third kappa shape index (κ3) is 1.70. The Bertz CT molecular complexity index is 134. The molecular weight excluding hydrogens is 130 g/mol. The van der Waals surface area contributed by atoms with Gasteiger partial charge >= 0.3 is 0 Å². The van der Waals surface area contributed by atoms with E-state index >= 15 is 0 Å². The summed E-state index contributed by atoms with van der Waals surface area (Å²) in [6, 6.07) is 0. The highest BCUT2D eigenvalue weighted by Gasteiger charge is 2.14. The molecule has 0 aromatic heterocycles. The molecular formula is C7H13NO2. The van der Waals surface area contributed by atoms with Gasteiger partial charge in [0, 0.05) is 7.11 Å². The van der Waals surface area contributed by atoms with Gasteiger partial charge in [-0.15, -0.1) is 0 Å². The minimum atomic E-state index is 0.312. The molecule has 58 valence electrons. The van der Waals surface area contributed by atoms with E-state index in [1.54, 1.807) is 7.11 Å². The monoisotopic (exact) mass is 143 g/mol. The van der Waals surface area contributed by atoms with Gasteiger partial charge in [-0.3, -0.25) is 4.99 Å². The third-order valence-corrected chi connectivity index (χ3v) is 1.45. The molecule has 3 nitrogen and oxygen atoms in total. The first-order valence-electron chi connectivity index (χ1n) is 3.50. The molecule has 0 spiro atoms. The van der Waals surface area contributed by atoms with Gasteiger partial charge < -0.3 is 9.47 Å². The molecule has 3 heteroatoms. The number of hydrogen-bond acceptors (Lipinski definition) is 3. The van der Waals surface area contributed by atoms with Gasteiger partial charge in [0.25, 0.3) is 0 Å². The van der Waals surface area contributed by atoms with Crippen LogP contribution in [0.2, 0.25) is 0 Å². The Labute approximate surface area is 61.0 Å². The zero-order chi connectivity index (χ0) is 7.40. The van der Waals surface area contributed by atoms with Crippen molar-refractivity contribution in [3.8, 4) is 0 Å². The first kappa shape index (κ1) is 7.54. The number of aliphatic imine (C=N–C) groups is 1. The van der Waals surface area contributed by atoms with Crippen LogP contribution in [0.1, 0.15) is 6.92 Å². The van der Waals surface area contributed by atoms with Crippen LogP contribution in [0, 0.1) is 5.92 Å². The minimum absolute atomic E-state index is 0.312. The molecule has 0 N–H and O–H groups in total. The molecule has 0 aliphatic carbocycles. The van der Waals surface area contributed by atoms with Crippen LogP contribution in [0.25, 0.3) is 0 Å². The first-order chi connectivity index (χ1) is 4.84. The van der Waals surface area contributed by atoms with Crippen LogP contribution in [0.5, 0.6) is 0 Å². The van der Waals surface area contributed by atoms with Crippen molar-refractivity contribution >= 4 is 5.90 Å². The van der Waals surface area contributed by atoms with Crippen LogP contribution in [0.3, 0.4) is 0 Å². The van der Waals surface area contributed by atoms with Gasteiger partial charge in [-0.2, -0.15) is 0 Å². The SMILES string of the molecule is COCC(C)C1=NCCO1. The summed E-state index contributed by atoms with van der Waals surface area (Å²) in [4.78, 5) is 4.17. The van der Waals surface area contributed by atoms with E-state index in [-0.39, 0.29) is 0 Å². The van der Waals surface area contributed by atoms with E-state index in [0.717, 1.165) is 19.0 Å². The summed E-state index contributed by atoms with van der Waals surface area (Å²) in [7, 11) is 1.69. The Balaban J connectivity index is 2.32. The van der Waals surface area contributed by atoms with Crippen molar-refractivity contribution in [2.24, 2.45) is 10.9 Å². The normalized spacial score (nSPS) is 20.0. The fourth-order valence-corrected chi connectivity index (χ4v) is 0.971. The molecule has 0 amide bonds. The van der Waals surface area contributed by atoms with E-state index in [2.05, 4.69) is 4.99 Å². The second kappa shape index (κ2) is 3.56. The summed E-state index contributed by atoms with van der Waals surface area (Å²) >= 11 is 0. The summed E-state index contributed by atoms with van der Waals surface area (Å²) in [6.07, 6.45) is 0. The number of ether oxygens (including phenoxy) is 2. The summed E-state index contributed by atoms with van der Waals surface area (Å²) in [5, 5.41) is 0. The second-order valence-corrected chi connectivity index (χ2v) is 2.42. The van der Waals surface area contributed by atoms with Gasteiger partial charge in [-0.1, -0.05) is 6.92 Å². The Hall–Kier alpha value is -0.570. The predicted octanol–water partition coefficient (Wildman–Crippen LogP) is 0.698. The zero-order valence-electron chi connectivity index (χ0n) is 6.46. The fraction of sp³-hybridized carbons (Fsp3) is 0.857. The molecule has 1 aliphatic rings. The third-order valence-electron chi connectivity index (χ3n) is 1.45. The summed E-state index contributed by atoms with van der Waals surface area (Å²) in [6.45, 7) is 4.29. The van der Waals surface area contributed by atoms with Gasteiger partial charge in [-0.25, -0.2) is 0 Å². The lowest BCUT2D eigenvalue weighted by molar-refractivity contribution is 0.170. The zero-order valence-corrected chi connectivity index (χ0v) is 6.46. The molecule has 0 bridgehead atoms. The number of rotatable bonds is 3. The highest BCUT2D eigenvalue weighted by atomic mass is 16.5. The molecule has 1 unspecified atom stereocenters. The maximum Gasteiger partial charge on any atom is 0.188 e. The van der Waals surface area contributed by atoms with Crippen molar-refractivity contribution in [3.63, 3.8) is 0 Å². The second-order valence-electron chi connectivity index (χ2n) is 2.42. The average Bonchev–Trinajstić information content (AvgIpc) is 2.38. The lowest BCUT2D eigenvalue weighted by atomic mass is 10.2. The fourth-order valence-electron chi connectivity index (χ4n) is 0.971. The van der Waals surface area contributed by atoms with Crippen molar-refractivity contribution in [3.05, 3.63) is 0 Å². The Morgan fingerprint density at radius 1 is 1.80 bits per heavy atom. The highest BCUT2D eigenvalue weighted by Crippen LogP contribution is 2.05. The molecule has 1 rings (SSSR count). The van der Waals surface area contributed by atoms with E-state index in [4.69, 9.17) is 9.47 Å². The van der Waals surface area contributed by atoms with E-state index in [1.165, 1.54) is 0 Å². The van der Waals surface area contributed by atoms with Gasteiger partial charge in [0.2, 0.25) is 0 Å². The molecule has 0 saturated heterocycles. The molecule has 0 saturated carbocycles. The highest BCUT2D eigenvalue weighted by molar-refractivity contribution is 5.79. The van der Waals surface area contributed by atoms with Gasteiger partial charge in [0.05, 0.1) is 19.1 Å². The van der Waals surface area contributed by atoms with Gasteiger partial charge in [0.1, 0.15) is 6.61 Å². The quantitative estimate of drug-likeness (QED) is 0.582. The summed E-state index contributed by atoms with van der Waals surface area (Å²) in [5.74, 6) is 1.16. The minimum Gasteiger partial charge on any atom is -0.479 e. The lowest BCUT2D eigenvalue weighted by Crippen LogP contribution is -2.16. The van der Waals surface area contributed by atoms with Gasteiger partial charge in [0.15, 0.2) is 5.90 Å². The van der Waals surface area contributed by atoms with E-state index < -0.39 is 0 Å². The molecule has 10 heavy (non-hydrogen) atoms. The molecule has 0 radical (unpaired) electrons. The van der Waals surface area contributed by atoms with Crippen LogP contribution in [0.15, 0.2) is 4.99 Å². The van der Waals surface area contributed by atoms with Crippen molar-refractivity contribution in [1.82, 2.24) is 0 Å². The number of methoxy groups -OCH3 is 1. The molecule has 0 fully saturated rings. The smallest absolute Gasteiger partial charge is 0.188 e. The van der Waals surface area contributed by atoms with Crippen LogP contribution < -0.4 is 0 Å². The Morgan fingerprint density at radius 2 is 2.60 bits per heavy atom. The van der Waals surface area contributed by atoms with E-state index in [0.29, 0.717) is 12.5 Å². The Morgan fingerprint density at radius 3 is 3.10 bits per heavy atom. The van der Waals surface area contributed by atoms with E-state index in [9.17, 15) is 0 Å². The van der Waals surface area contributed by atoms with Gasteiger partial charge in [-0.05, 0) is 0 Å². The van der Waals surface area contributed by atoms with Crippen LogP contribution in [-0.2, 0) is 9.47 Å². The van der Waals surface area contributed by atoms with Crippen LogP contribution >= 0.6 is 0 Å². The van der Waals surface area contributed by atoms with E-state index in [1.807, 2.05) is 6.92 Å². The maximum absolute atomic E-state index is 5.24. The average molecular weight is 143 g/mol. The van der Waals surface area contributed by atoms with Crippen molar-refractivity contribution < 1.29 is 9.47 Å². The topological polar surface area (TPSA) is 30.8 Å². The summed E-state index contributed by atoms with van der Waals surface area (Å²) < 4.78 is 10.2. The molecule has 0 aromatic rings. The Kier molecular flexibility index (Phi) is 2.68. The van der Waals surface area contributed by atoms with Crippen LogP contribution in [-0.4, -0.2) is 32.8 Å². The van der Waals surface area contributed by atoms with Crippen molar-refractivity contribution in [1.29, 1.82) is 0 Å². The molecule has 1 aliphatic heterocycles. The van der Waals surface area contributed by atoms with Crippen LogP contribution in [0.4, 0.5) is 0 Å². The molecule has 1 heterocycles. The number of nitrogens with zero attached hydrogens (tertiary/aromatic N) is 1. The van der Waals surface area contributed by atoms with Crippen molar-refractivity contribution in [2.75, 3.05) is 26.9 Å². The van der Waals surface area contributed by atoms with Crippen molar-refractivity contribution in [2.45, 2.75) is 6.92 Å². The predicted molar refractivity (Wildman–Crippen MR) is 39.3 cm³/mol. The molecule has 0 aromatic carbocycles.